The standard InChI is InChI=1S/C4H5BrO5S/c1-2(5)3(4(6)7)11(8,9)10/h1H3,(H,6,7)(H,8,9,10)/b3-2-. The number of halogens is 1. The number of carboxylic acid groups (broad SMARTS) is 1. The number of rotatable bonds is 2. The minimum atomic E-state index is -4.63. The van der Waals surface area contributed by atoms with Gasteiger partial charge in [0.1, 0.15) is 0 Å². The second-order valence-electron chi connectivity index (χ2n) is 1.64. The van der Waals surface area contributed by atoms with Crippen molar-refractivity contribution in [2.24, 2.45) is 0 Å². The fourth-order valence-corrected chi connectivity index (χ4v) is 1.79. The van der Waals surface area contributed by atoms with Crippen LogP contribution < -0.4 is 0 Å². The SMILES string of the molecule is C/C(Br)=C(\C(=O)O)S(=O)(=O)O. The molecule has 0 heterocycles. The molecule has 0 fully saturated rings. The number of carboxylic acids is 1. The smallest absolute Gasteiger partial charge is 0.350 e. The maximum Gasteiger partial charge on any atom is 0.350 e. The number of hydrogen-bond acceptors (Lipinski definition) is 3. The molecule has 0 atom stereocenters. The first-order valence-corrected chi connectivity index (χ1v) is 4.57. The zero-order valence-corrected chi connectivity index (χ0v) is 7.81. The van der Waals surface area contributed by atoms with E-state index in [1.54, 1.807) is 0 Å². The van der Waals surface area contributed by atoms with E-state index in [2.05, 4.69) is 15.9 Å². The van der Waals surface area contributed by atoms with E-state index in [0.29, 0.717) is 0 Å². The highest BCUT2D eigenvalue weighted by atomic mass is 79.9. The number of aliphatic carboxylic acids is 1. The first-order chi connectivity index (χ1) is 4.76. The molecule has 0 aliphatic carbocycles. The average Bonchev–Trinajstić information content (AvgIpc) is 1.54. The van der Waals surface area contributed by atoms with Gasteiger partial charge in [0.2, 0.25) is 0 Å². The second-order valence-corrected chi connectivity index (χ2v) is 4.19. The van der Waals surface area contributed by atoms with Gasteiger partial charge in [-0.05, 0) is 6.92 Å². The van der Waals surface area contributed by atoms with Crippen molar-refractivity contribution in [3.8, 4) is 0 Å². The van der Waals surface area contributed by atoms with Gasteiger partial charge in [-0.3, -0.25) is 4.55 Å². The van der Waals surface area contributed by atoms with Gasteiger partial charge in [-0.1, -0.05) is 15.9 Å². The van der Waals surface area contributed by atoms with Gasteiger partial charge in [0.15, 0.2) is 4.91 Å². The Kier molecular flexibility index (Phi) is 3.21. The minimum absolute atomic E-state index is 0.146. The molecule has 0 radical (unpaired) electrons. The van der Waals surface area contributed by atoms with E-state index in [9.17, 15) is 13.2 Å². The number of allylic oxidation sites excluding steroid dienone is 1. The van der Waals surface area contributed by atoms with Gasteiger partial charge in [0.05, 0.1) is 0 Å². The Morgan fingerprint density at radius 1 is 1.45 bits per heavy atom. The Bertz CT molecular complexity index is 296. The molecule has 0 spiro atoms. The third-order valence-electron chi connectivity index (χ3n) is 0.765. The van der Waals surface area contributed by atoms with Crippen molar-refractivity contribution in [1.82, 2.24) is 0 Å². The second kappa shape index (κ2) is 3.33. The third-order valence-corrected chi connectivity index (χ3v) is 2.42. The summed E-state index contributed by atoms with van der Waals surface area (Å²) in [4.78, 5) is 9.12. The van der Waals surface area contributed by atoms with Crippen LogP contribution in [0.5, 0.6) is 0 Å². The molecular weight excluding hydrogens is 240 g/mol. The van der Waals surface area contributed by atoms with Crippen LogP contribution in [0.1, 0.15) is 6.92 Å². The highest BCUT2D eigenvalue weighted by molar-refractivity contribution is 9.11. The fraction of sp³-hybridized carbons (Fsp3) is 0.250. The average molecular weight is 245 g/mol. The predicted octanol–water partition coefficient (Wildman–Crippen LogP) is 0.585. The Labute approximate surface area is 71.6 Å². The molecule has 0 aliphatic rings. The summed E-state index contributed by atoms with van der Waals surface area (Å²) in [6.07, 6.45) is 0. The van der Waals surface area contributed by atoms with Gasteiger partial charge in [-0.2, -0.15) is 8.42 Å². The van der Waals surface area contributed by atoms with Crippen LogP contribution in [0.3, 0.4) is 0 Å². The lowest BCUT2D eigenvalue weighted by Crippen LogP contribution is -2.12. The third kappa shape index (κ3) is 3.00. The molecule has 11 heavy (non-hydrogen) atoms. The van der Waals surface area contributed by atoms with Crippen LogP contribution >= 0.6 is 15.9 Å². The van der Waals surface area contributed by atoms with Crippen molar-refractivity contribution in [2.75, 3.05) is 0 Å². The van der Waals surface area contributed by atoms with E-state index in [4.69, 9.17) is 9.66 Å². The van der Waals surface area contributed by atoms with Crippen LogP contribution in [0, 0.1) is 0 Å². The minimum Gasteiger partial charge on any atom is -0.477 e. The molecule has 64 valence electrons. The van der Waals surface area contributed by atoms with Crippen molar-refractivity contribution in [3.63, 3.8) is 0 Å². The zero-order chi connectivity index (χ0) is 9.23. The summed E-state index contributed by atoms with van der Waals surface area (Å²) < 4.78 is 28.8. The molecule has 0 amide bonds. The molecule has 7 heteroatoms. The molecule has 0 rings (SSSR count). The Morgan fingerprint density at radius 2 is 1.82 bits per heavy atom. The molecular formula is C4H5BrO5S. The molecule has 0 aromatic heterocycles. The van der Waals surface area contributed by atoms with E-state index in [1.807, 2.05) is 0 Å². The van der Waals surface area contributed by atoms with Crippen molar-refractivity contribution >= 4 is 32.0 Å². The lowest BCUT2D eigenvalue weighted by Gasteiger charge is -1.97. The lowest BCUT2D eigenvalue weighted by molar-refractivity contribution is -0.131. The summed E-state index contributed by atoms with van der Waals surface area (Å²) in [5.41, 5.74) is 0. The van der Waals surface area contributed by atoms with Crippen LogP contribution in [0.2, 0.25) is 0 Å². The van der Waals surface area contributed by atoms with Crippen LogP contribution in [-0.4, -0.2) is 24.0 Å². The van der Waals surface area contributed by atoms with E-state index in [1.165, 1.54) is 6.92 Å². The Morgan fingerprint density at radius 3 is 1.82 bits per heavy atom. The summed E-state index contributed by atoms with van der Waals surface area (Å²) in [5.74, 6) is -1.69. The molecule has 2 N–H and O–H groups in total. The summed E-state index contributed by atoms with van der Waals surface area (Å²) >= 11 is 2.64. The van der Waals surface area contributed by atoms with Gasteiger partial charge in [-0.15, -0.1) is 0 Å². The van der Waals surface area contributed by atoms with Gasteiger partial charge < -0.3 is 5.11 Å². The Balaban J connectivity index is 5.32. The van der Waals surface area contributed by atoms with Crippen LogP contribution in [-0.2, 0) is 14.9 Å². The summed E-state index contributed by atoms with van der Waals surface area (Å²) in [7, 11) is -4.63. The van der Waals surface area contributed by atoms with Gasteiger partial charge in [-0.25, -0.2) is 4.79 Å². The van der Waals surface area contributed by atoms with Crippen LogP contribution in [0.4, 0.5) is 0 Å². The van der Waals surface area contributed by atoms with E-state index < -0.39 is 21.0 Å². The van der Waals surface area contributed by atoms with Gasteiger partial charge >= 0.3 is 16.1 Å². The summed E-state index contributed by atoms with van der Waals surface area (Å²) in [6.45, 7) is 1.21. The van der Waals surface area contributed by atoms with E-state index in [0.717, 1.165) is 0 Å². The van der Waals surface area contributed by atoms with Crippen molar-refractivity contribution in [1.29, 1.82) is 0 Å². The van der Waals surface area contributed by atoms with Gasteiger partial charge in [0.25, 0.3) is 0 Å². The van der Waals surface area contributed by atoms with E-state index >= 15 is 0 Å². The van der Waals surface area contributed by atoms with Crippen molar-refractivity contribution < 1.29 is 22.9 Å². The fourth-order valence-electron chi connectivity index (χ4n) is 0.435. The number of carbonyl (C=O) groups is 1. The molecule has 0 bridgehead atoms. The molecule has 5 nitrogen and oxygen atoms in total. The Hall–Kier alpha value is -0.400. The highest BCUT2D eigenvalue weighted by Crippen LogP contribution is 2.15. The van der Waals surface area contributed by atoms with E-state index in [-0.39, 0.29) is 4.48 Å². The van der Waals surface area contributed by atoms with Gasteiger partial charge in [0, 0.05) is 4.48 Å². The molecule has 0 aliphatic heterocycles. The maximum absolute atomic E-state index is 10.3. The van der Waals surface area contributed by atoms with Crippen molar-refractivity contribution in [3.05, 3.63) is 9.39 Å². The number of hydrogen-bond donors (Lipinski definition) is 2. The maximum atomic E-state index is 10.3. The molecule has 0 saturated heterocycles. The molecule has 0 aromatic rings. The molecule has 0 saturated carbocycles. The van der Waals surface area contributed by atoms with Crippen LogP contribution in [0.25, 0.3) is 0 Å². The van der Waals surface area contributed by atoms with Crippen molar-refractivity contribution in [2.45, 2.75) is 6.92 Å². The first-order valence-electron chi connectivity index (χ1n) is 2.34. The first kappa shape index (κ1) is 10.6. The normalized spacial score (nSPS) is 14.1. The molecule has 0 aromatic carbocycles. The summed E-state index contributed by atoms with van der Waals surface area (Å²) in [6, 6.07) is 0. The lowest BCUT2D eigenvalue weighted by atomic mass is 10.5. The monoisotopic (exact) mass is 244 g/mol. The largest absolute Gasteiger partial charge is 0.477 e. The zero-order valence-electron chi connectivity index (χ0n) is 5.41. The summed E-state index contributed by atoms with van der Waals surface area (Å²) in [5, 5.41) is 8.25. The predicted molar refractivity (Wildman–Crippen MR) is 40.8 cm³/mol. The quantitative estimate of drug-likeness (QED) is 0.548. The van der Waals surface area contributed by atoms with Crippen LogP contribution in [0.15, 0.2) is 9.39 Å². The highest BCUT2D eigenvalue weighted by Gasteiger charge is 2.23. The topological polar surface area (TPSA) is 91.7 Å². The molecule has 0 unspecified atom stereocenters.